The van der Waals surface area contributed by atoms with Crippen LogP contribution in [-0.2, 0) is 4.79 Å². The third kappa shape index (κ3) is 5.08. The molecule has 0 aliphatic carbocycles. The van der Waals surface area contributed by atoms with E-state index in [0.717, 1.165) is 0 Å². The summed E-state index contributed by atoms with van der Waals surface area (Å²) < 4.78 is 0. The van der Waals surface area contributed by atoms with E-state index in [1.165, 1.54) is 6.08 Å². The van der Waals surface area contributed by atoms with E-state index < -0.39 is 6.10 Å². The van der Waals surface area contributed by atoms with Gasteiger partial charge in [-0.15, -0.1) is 0 Å². The highest BCUT2D eigenvalue weighted by atomic mass is 35.5. The Hall–Kier alpha value is -1.03. The summed E-state index contributed by atoms with van der Waals surface area (Å²) in [5.74, 6) is -0.270. The van der Waals surface area contributed by atoms with E-state index in [2.05, 4.69) is 5.32 Å². The van der Waals surface area contributed by atoms with Crippen LogP contribution < -0.4 is 5.32 Å². The number of rotatable bonds is 5. The molecule has 1 aromatic carbocycles. The molecule has 1 atom stereocenters. The van der Waals surface area contributed by atoms with Gasteiger partial charge in [0.05, 0.1) is 6.10 Å². The van der Waals surface area contributed by atoms with Gasteiger partial charge in [-0.05, 0) is 30.2 Å². The molecule has 0 aromatic heterocycles. The van der Waals surface area contributed by atoms with Crippen molar-refractivity contribution in [3.05, 3.63) is 39.9 Å². The van der Waals surface area contributed by atoms with Crippen LogP contribution in [-0.4, -0.2) is 23.7 Å². The van der Waals surface area contributed by atoms with Crippen LogP contribution >= 0.6 is 23.2 Å². The predicted octanol–water partition coefficient (Wildman–Crippen LogP) is 2.89. The van der Waals surface area contributed by atoms with Gasteiger partial charge >= 0.3 is 0 Å². The second-order valence-corrected chi connectivity index (χ2v) is 4.65. The zero-order valence-corrected chi connectivity index (χ0v) is 11.5. The van der Waals surface area contributed by atoms with E-state index in [-0.39, 0.29) is 12.5 Å². The van der Waals surface area contributed by atoms with Gasteiger partial charge in [-0.3, -0.25) is 4.79 Å². The van der Waals surface area contributed by atoms with Crippen LogP contribution in [0.1, 0.15) is 18.9 Å². The number of aliphatic hydroxyl groups is 1. The molecule has 0 heterocycles. The maximum absolute atomic E-state index is 11.4. The van der Waals surface area contributed by atoms with E-state index in [1.807, 2.05) is 6.92 Å². The third-order valence-electron chi connectivity index (χ3n) is 2.36. The Labute approximate surface area is 116 Å². The number of hydrogen-bond acceptors (Lipinski definition) is 2. The first-order valence-corrected chi connectivity index (χ1v) is 6.37. The minimum absolute atomic E-state index is 0.244. The zero-order chi connectivity index (χ0) is 13.5. The molecule has 5 heteroatoms. The standard InChI is InChI=1S/C13H15Cl2NO2/c1-2-11(17)8-16-13(18)6-4-9-3-5-10(14)7-12(9)15/h3-7,11,17H,2,8H2,1H3,(H,16,18)/b6-4+. The van der Waals surface area contributed by atoms with Crippen molar-refractivity contribution in [3.8, 4) is 0 Å². The summed E-state index contributed by atoms with van der Waals surface area (Å²) >= 11 is 11.7. The summed E-state index contributed by atoms with van der Waals surface area (Å²) in [7, 11) is 0. The topological polar surface area (TPSA) is 49.3 Å². The van der Waals surface area contributed by atoms with Gasteiger partial charge < -0.3 is 10.4 Å². The fourth-order valence-corrected chi connectivity index (χ4v) is 1.70. The lowest BCUT2D eigenvalue weighted by Crippen LogP contribution is -2.30. The van der Waals surface area contributed by atoms with Crippen molar-refractivity contribution >= 4 is 35.2 Å². The van der Waals surface area contributed by atoms with Gasteiger partial charge in [-0.1, -0.05) is 36.2 Å². The van der Waals surface area contributed by atoms with Crippen molar-refractivity contribution in [3.63, 3.8) is 0 Å². The average Bonchev–Trinajstić information content (AvgIpc) is 2.34. The van der Waals surface area contributed by atoms with Crippen LogP contribution in [0, 0.1) is 0 Å². The van der Waals surface area contributed by atoms with Gasteiger partial charge in [0.15, 0.2) is 0 Å². The molecule has 0 saturated heterocycles. The van der Waals surface area contributed by atoms with Crippen LogP contribution in [0.3, 0.4) is 0 Å². The molecule has 0 spiro atoms. The van der Waals surface area contributed by atoms with Crippen molar-refractivity contribution < 1.29 is 9.90 Å². The molecule has 0 saturated carbocycles. The largest absolute Gasteiger partial charge is 0.391 e. The van der Waals surface area contributed by atoms with Crippen LogP contribution in [0.4, 0.5) is 0 Å². The van der Waals surface area contributed by atoms with E-state index in [1.54, 1.807) is 24.3 Å². The first-order chi connectivity index (χ1) is 8.52. The molecule has 2 N–H and O–H groups in total. The molecule has 1 aromatic rings. The summed E-state index contributed by atoms with van der Waals surface area (Å²) in [5.41, 5.74) is 0.715. The lowest BCUT2D eigenvalue weighted by atomic mass is 10.2. The molecule has 0 radical (unpaired) electrons. The highest BCUT2D eigenvalue weighted by Crippen LogP contribution is 2.21. The number of aliphatic hydroxyl groups excluding tert-OH is 1. The van der Waals surface area contributed by atoms with Gasteiger partial charge in [0.25, 0.3) is 0 Å². The molecule has 1 amide bonds. The maximum Gasteiger partial charge on any atom is 0.244 e. The lowest BCUT2D eigenvalue weighted by molar-refractivity contribution is -0.116. The Morgan fingerprint density at radius 2 is 2.22 bits per heavy atom. The van der Waals surface area contributed by atoms with E-state index >= 15 is 0 Å². The summed E-state index contributed by atoms with van der Waals surface area (Å²) in [6, 6.07) is 5.04. The minimum atomic E-state index is -0.513. The molecule has 0 fully saturated rings. The Bertz CT molecular complexity index is 447. The number of carbonyl (C=O) groups excluding carboxylic acids is 1. The molecular weight excluding hydrogens is 273 g/mol. The van der Waals surface area contributed by atoms with E-state index in [4.69, 9.17) is 23.2 Å². The smallest absolute Gasteiger partial charge is 0.244 e. The van der Waals surface area contributed by atoms with Crippen molar-refractivity contribution in [2.45, 2.75) is 19.4 Å². The third-order valence-corrected chi connectivity index (χ3v) is 2.92. The molecule has 98 valence electrons. The van der Waals surface area contributed by atoms with Gasteiger partial charge in [0.1, 0.15) is 0 Å². The van der Waals surface area contributed by atoms with Gasteiger partial charge in [-0.2, -0.15) is 0 Å². The maximum atomic E-state index is 11.4. The second-order valence-electron chi connectivity index (χ2n) is 3.81. The summed E-state index contributed by atoms with van der Waals surface area (Å²) in [6.07, 6.45) is 3.07. The molecule has 0 aliphatic heterocycles. The monoisotopic (exact) mass is 287 g/mol. The lowest BCUT2D eigenvalue weighted by Gasteiger charge is -2.07. The molecule has 1 rings (SSSR count). The molecule has 1 unspecified atom stereocenters. The number of benzene rings is 1. The van der Waals surface area contributed by atoms with Gasteiger partial charge in [-0.25, -0.2) is 0 Å². The van der Waals surface area contributed by atoms with Crippen LogP contribution in [0.15, 0.2) is 24.3 Å². The van der Waals surface area contributed by atoms with Crippen molar-refractivity contribution in [2.75, 3.05) is 6.54 Å². The fraction of sp³-hybridized carbons (Fsp3) is 0.308. The Morgan fingerprint density at radius 3 is 2.83 bits per heavy atom. The van der Waals surface area contributed by atoms with Crippen LogP contribution in [0.25, 0.3) is 6.08 Å². The predicted molar refractivity (Wildman–Crippen MR) is 74.8 cm³/mol. The van der Waals surface area contributed by atoms with Crippen LogP contribution in [0.5, 0.6) is 0 Å². The first kappa shape index (κ1) is 15.0. The molecular formula is C13H15Cl2NO2. The first-order valence-electron chi connectivity index (χ1n) is 5.62. The van der Waals surface area contributed by atoms with Crippen LogP contribution in [0.2, 0.25) is 10.0 Å². The molecule has 18 heavy (non-hydrogen) atoms. The van der Waals surface area contributed by atoms with Crippen molar-refractivity contribution in [2.24, 2.45) is 0 Å². The zero-order valence-electron chi connectivity index (χ0n) is 9.99. The molecule has 0 aliphatic rings. The number of halogens is 2. The Kier molecular flexibility index (Phi) is 6.19. The van der Waals surface area contributed by atoms with E-state index in [9.17, 15) is 9.90 Å². The minimum Gasteiger partial charge on any atom is -0.391 e. The normalized spacial score (nSPS) is 12.7. The molecule has 3 nitrogen and oxygen atoms in total. The highest BCUT2D eigenvalue weighted by molar-refractivity contribution is 6.35. The Morgan fingerprint density at radius 1 is 1.50 bits per heavy atom. The number of hydrogen-bond donors (Lipinski definition) is 2. The SMILES string of the molecule is CCC(O)CNC(=O)/C=C/c1ccc(Cl)cc1Cl. The number of carbonyl (C=O) groups is 1. The quantitative estimate of drug-likeness (QED) is 0.818. The summed E-state index contributed by atoms with van der Waals surface area (Å²) in [5, 5.41) is 12.9. The van der Waals surface area contributed by atoms with Crippen molar-refractivity contribution in [1.82, 2.24) is 5.32 Å². The van der Waals surface area contributed by atoms with E-state index in [0.29, 0.717) is 22.0 Å². The highest BCUT2D eigenvalue weighted by Gasteiger charge is 2.02. The number of nitrogens with one attached hydrogen (secondary N) is 1. The summed E-state index contributed by atoms with van der Waals surface area (Å²) in [6.45, 7) is 2.09. The molecule has 0 bridgehead atoms. The second kappa shape index (κ2) is 7.41. The Balaban J connectivity index is 2.55. The van der Waals surface area contributed by atoms with Gasteiger partial charge in [0.2, 0.25) is 5.91 Å². The van der Waals surface area contributed by atoms with Crippen molar-refractivity contribution in [1.29, 1.82) is 0 Å². The average molecular weight is 288 g/mol. The summed E-state index contributed by atoms with van der Waals surface area (Å²) in [4.78, 5) is 11.4. The number of amides is 1. The fourth-order valence-electron chi connectivity index (χ4n) is 1.22. The van der Waals surface area contributed by atoms with Gasteiger partial charge in [0, 0.05) is 22.7 Å².